The number of aromatic nitrogens is 1. The summed E-state index contributed by atoms with van der Waals surface area (Å²) in [5.41, 5.74) is 2.54. The van der Waals surface area contributed by atoms with Gasteiger partial charge in [-0.2, -0.15) is 0 Å². The molecule has 2 N–H and O–H groups in total. The highest BCUT2D eigenvalue weighted by atomic mass is 32.1. The predicted octanol–water partition coefficient (Wildman–Crippen LogP) is 3.08. The fourth-order valence-electron chi connectivity index (χ4n) is 3.19. The summed E-state index contributed by atoms with van der Waals surface area (Å²) in [6.07, 6.45) is 4.27. The third kappa shape index (κ3) is 5.55. The van der Waals surface area contributed by atoms with Crippen LogP contribution in [-0.4, -0.2) is 34.8 Å². The first-order chi connectivity index (χ1) is 13.7. The van der Waals surface area contributed by atoms with Crippen molar-refractivity contribution >= 4 is 23.2 Å². The summed E-state index contributed by atoms with van der Waals surface area (Å²) in [6.45, 7) is 7.75. The maximum atomic E-state index is 12.5. The fraction of sp³-hybridized carbons (Fsp3) is 0.476. The zero-order chi connectivity index (χ0) is 19.8. The molecule has 0 saturated heterocycles. The van der Waals surface area contributed by atoms with Gasteiger partial charge in [0.15, 0.2) is 5.96 Å². The van der Waals surface area contributed by atoms with Gasteiger partial charge in [0, 0.05) is 43.7 Å². The van der Waals surface area contributed by atoms with Crippen LogP contribution in [0.4, 0.5) is 0 Å². The topological polar surface area (TPSA) is 69.6 Å². The molecule has 0 fully saturated rings. The molecule has 0 spiro atoms. The van der Waals surface area contributed by atoms with Crippen LogP contribution in [0, 0.1) is 0 Å². The smallest absolute Gasteiger partial charge is 0.223 e. The molecule has 0 unspecified atom stereocenters. The van der Waals surface area contributed by atoms with Gasteiger partial charge in [0.1, 0.15) is 5.01 Å². The molecular formula is C21H29N5OS. The standard InChI is InChI=1S/C21H29N5OS/c1-3-18-12-24-19(28-18)13-25-21(22-4-2)23-11-7-10-20(27)26-14-16-8-5-6-9-17(16)15-26/h5-6,8-9,12H,3-4,7,10-11,13-15H2,1-2H3,(H2,22,23,25). The van der Waals surface area contributed by atoms with Gasteiger partial charge in [-0.25, -0.2) is 9.98 Å². The molecule has 1 aromatic heterocycles. The molecule has 1 aromatic carbocycles. The number of hydrogen-bond donors (Lipinski definition) is 2. The highest BCUT2D eigenvalue weighted by Gasteiger charge is 2.22. The van der Waals surface area contributed by atoms with Gasteiger partial charge in [0.2, 0.25) is 5.91 Å². The van der Waals surface area contributed by atoms with Crippen molar-refractivity contribution in [1.29, 1.82) is 0 Å². The second kappa shape index (κ2) is 10.2. The number of carbonyl (C=O) groups is 1. The molecule has 1 amide bonds. The van der Waals surface area contributed by atoms with E-state index in [1.165, 1.54) is 16.0 Å². The van der Waals surface area contributed by atoms with Gasteiger partial charge >= 0.3 is 0 Å². The molecule has 0 radical (unpaired) electrons. The zero-order valence-electron chi connectivity index (χ0n) is 16.7. The van der Waals surface area contributed by atoms with E-state index in [1.54, 1.807) is 11.3 Å². The van der Waals surface area contributed by atoms with E-state index in [0.717, 1.165) is 50.0 Å². The number of amides is 1. The largest absolute Gasteiger partial charge is 0.357 e. The van der Waals surface area contributed by atoms with E-state index in [9.17, 15) is 4.79 Å². The van der Waals surface area contributed by atoms with Crippen LogP contribution >= 0.6 is 11.3 Å². The van der Waals surface area contributed by atoms with E-state index in [2.05, 4.69) is 39.7 Å². The molecule has 1 aliphatic heterocycles. The van der Waals surface area contributed by atoms with Crippen molar-refractivity contribution in [1.82, 2.24) is 20.5 Å². The van der Waals surface area contributed by atoms with Crippen molar-refractivity contribution in [2.75, 3.05) is 13.1 Å². The van der Waals surface area contributed by atoms with Crippen LogP contribution in [0.2, 0.25) is 0 Å². The van der Waals surface area contributed by atoms with Crippen LogP contribution in [0.5, 0.6) is 0 Å². The van der Waals surface area contributed by atoms with Gasteiger partial charge in [-0.05, 0) is 30.9 Å². The number of aryl methyl sites for hydroxylation is 1. The van der Waals surface area contributed by atoms with Gasteiger partial charge in [0.25, 0.3) is 0 Å². The summed E-state index contributed by atoms with van der Waals surface area (Å²) in [4.78, 5) is 24.7. The van der Waals surface area contributed by atoms with Gasteiger partial charge in [-0.1, -0.05) is 31.2 Å². The van der Waals surface area contributed by atoms with Crippen LogP contribution in [0.1, 0.15) is 47.7 Å². The molecular weight excluding hydrogens is 370 g/mol. The van der Waals surface area contributed by atoms with Crippen LogP contribution in [0.15, 0.2) is 35.5 Å². The zero-order valence-corrected chi connectivity index (χ0v) is 17.5. The number of hydrogen-bond acceptors (Lipinski definition) is 4. The molecule has 150 valence electrons. The summed E-state index contributed by atoms with van der Waals surface area (Å²) < 4.78 is 0. The van der Waals surface area contributed by atoms with E-state index in [4.69, 9.17) is 0 Å². The van der Waals surface area contributed by atoms with E-state index in [1.807, 2.05) is 30.2 Å². The maximum Gasteiger partial charge on any atom is 0.223 e. The van der Waals surface area contributed by atoms with Crippen molar-refractivity contribution in [2.24, 2.45) is 4.99 Å². The van der Waals surface area contributed by atoms with Crippen molar-refractivity contribution < 1.29 is 4.79 Å². The summed E-state index contributed by atoms with van der Waals surface area (Å²) in [5, 5.41) is 7.59. The van der Waals surface area contributed by atoms with E-state index in [0.29, 0.717) is 13.0 Å². The second-order valence-electron chi connectivity index (χ2n) is 6.82. The third-order valence-corrected chi connectivity index (χ3v) is 5.85. The first-order valence-electron chi connectivity index (χ1n) is 10.00. The SMILES string of the molecule is CCNC(=NCc1ncc(CC)s1)NCCCC(=O)N1Cc2ccccc2C1. The lowest BCUT2D eigenvalue weighted by Crippen LogP contribution is -2.38. The molecule has 0 saturated carbocycles. The number of thiazole rings is 1. The number of benzene rings is 1. The normalized spacial score (nSPS) is 13.5. The Morgan fingerprint density at radius 2 is 1.96 bits per heavy atom. The summed E-state index contributed by atoms with van der Waals surface area (Å²) in [7, 11) is 0. The van der Waals surface area contributed by atoms with Crippen molar-refractivity contribution in [3.8, 4) is 0 Å². The predicted molar refractivity (Wildman–Crippen MR) is 114 cm³/mol. The monoisotopic (exact) mass is 399 g/mol. The minimum absolute atomic E-state index is 0.217. The Morgan fingerprint density at radius 3 is 2.61 bits per heavy atom. The Morgan fingerprint density at radius 1 is 1.21 bits per heavy atom. The van der Waals surface area contributed by atoms with E-state index < -0.39 is 0 Å². The number of nitrogens with zero attached hydrogens (tertiary/aromatic N) is 3. The summed E-state index contributed by atoms with van der Waals surface area (Å²) >= 11 is 1.71. The van der Waals surface area contributed by atoms with Gasteiger partial charge in [-0.3, -0.25) is 4.79 Å². The first kappa shape index (κ1) is 20.3. The lowest BCUT2D eigenvalue weighted by atomic mass is 10.1. The summed E-state index contributed by atoms with van der Waals surface area (Å²) in [6, 6.07) is 8.28. The Balaban J connectivity index is 1.40. The minimum atomic E-state index is 0.217. The highest BCUT2D eigenvalue weighted by molar-refractivity contribution is 7.11. The number of nitrogens with one attached hydrogen (secondary N) is 2. The number of fused-ring (bicyclic) bond motifs is 1. The molecule has 2 aromatic rings. The minimum Gasteiger partial charge on any atom is -0.357 e. The van der Waals surface area contributed by atoms with E-state index in [-0.39, 0.29) is 5.91 Å². The summed E-state index contributed by atoms with van der Waals surface area (Å²) in [5.74, 6) is 0.992. The van der Waals surface area contributed by atoms with Gasteiger partial charge in [0.05, 0.1) is 6.54 Å². The van der Waals surface area contributed by atoms with Crippen LogP contribution < -0.4 is 10.6 Å². The molecule has 7 heteroatoms. The Hall–Kier alpha value is -2.41. The van der Waals surface area contributed by atoms with Crippen LogP contribution in [-0.2, 0) is 30.8 Å². The lowest BCUT2D eigenvalue weighted by molar-refractivity contribution is -0.131. The number of guanidine groups is 1. The quantitative estimate of drug-likeness (QED) is 0.407. The molecule has 1 aliphatic rings. The molecule has 28 heavy (non-hydrogen) atoms. The number of aliphatic imine (C=N–C) groups is 1. The van der Waals surface area contributed by atoms with Crippen LogP contribution in [0.3, 0.4) is 0 Å². The van der Waals surface area contributed by atoms with Crippen molar-refractivity contribution in [2.45, 2.75) is 52.7 Å². The molecule has 2 heterocycles. The van der Waals surface area contributed by atoms with E-state index >= 15 is 0 Å². The second-order valence-corrected chi connectivity index (χ2v) is 8.02. The van der Waals surface area contributed by atoms with Crippen LogP contribution in [0.25, 0.3) is 0 Å². The average Bonchev–Trinajstić information content (AvgIpc) is 3.35. The highest BCUT2D eigenvalue weighted by Crippen LogP contribution is 2.22. The Labute approximate surface area is 171 Å². The van der Waals surface area contributed by atoms with Crippen molar-refractivity contribution in [3.63, 3.8) is 0 Å². The molecule has 0 bridgehead atoms. The number of carbonyl (C=O) groups excluding carboxylic acids is 1. The average molecular weight is 400 g/mol. The fourth-order valence-corrected chi connectivity index (χ4v) is 3.97. The molecule has 3 rings (SSSR count). The first-order valence-corrected chi connectivity index (χ1v) is 10.8. The number of rotatable bonds is 8. The Bertz CT molecular complexity index is 792. The Kier molecular flexibility index (Phi) is 7.42. The van der Waals surface area contributed by atoms with Gasteiger partial charge < -0.3 is 15.5 Å². The molecule has 0 aliphatic carbocycles. The maximum absolute atomic E-state index is 12.5. The lowest BCUT2D eigenvalue weighted by Gasteiger charge is -2.16. The third-order valence-electron chi connectivity index (χ3n) is 4.72. The van der Waals surface area contributed by atoms with Crippen molar-refractivity contribution in [3.05, 3.63) is 51.5 Å². The molecule has 6 nitrogen and oxygen atoms in total. The molecule has 0 atom stereocenters. The van der Waals surface area contributed by atoms with Gasteiger partial charge in [-0.15, -0.1) is 11.3 Å².